The van der Waals surface area contributed by atoms with Crippen LogP contribution in [0.5, 0.6) is 0 Å². The SMILES string of the molecule is COC(=O)C(C)NCC(O)COCc1ccco1. The van der Waals surface area contributed by atoms with E-state index in [9.17, 15) is 9.90 Å². The number of furan rings is 1. The quantitative estimate of drug-likeness (QED) is 0.652. The number of aliphatic hydroxyl groups is 1. The molecule has 0 radical (unpaired) electrons. The highest BCUT2D eigenvalue weighted by Crippen LogP contribution is 2.02. The van der Waals surface area contributed by atoms with E-state index in [-0.39, 0.29) is 19.1 Å². The standard InChI is InChI=1S/C12H19NO5/c1-9(12(15)16-2)13-6-10(14)7-17-8-11-4-3-5-18-11/h3-5,9-10,13-14H,6-8H2,1-2H3. The Morgan fingerprint density at radius 2 is 2.39 bits per heavy atom. The van der Waals surface area contributed by atoms with E-state index in [2.05, 4.69) is 10.1 Å². The summed E-state index contributed by atoms with van der Waals surface area (Å²) in [6, 6.07) is 3.12. The van der Waals surface area contributed by atoms with Gasteiger partial charge in [0, 0.05) is 6.54 Å². The fourth-order valence-corrected chi connectivity index (χ4v) is 1.32. The molecule has 18 heavy (non-hydrogen) atoms. The van der Waals surface area contributed by atoms with Crippen LogP contribution in [0.1, 0.15) is 12.7 Å². The third kappa shape index (κ3) is 5.31. The smallest absolute Gasteiger partial charge is 0.322 e. The van der Waals surface area contributed by atoms with Crippen LogP contribution in [0.15, 0.2) is 22.8 Å². The van der Waals surface area contributed by atoms with Crippen molar-refractivity contribution in [3.63, 3.8) is 0 Å². The maximum atomic E-state index is 11.1. The Morgan fingerprint density at radius 3 is 3.00 bits per heavy atom. The van der Waals surface area contributed by atoms with Crippen LogP contribution in [0.4, 0.5) is 0 Å². The summed E-state index contributed by atoms with van der Waals surface area (Å²) in [6.07, 6.45) is 0.876. The number of ether oxygens (including phenoxy) is 2. The van der Waals surface area contributed by atoms with Crippen molar-refractivity contribution in [2.45, 2.75) is 25.7 Å². The van der Waals surface area contributed by atoms with Gasteiger partial charge in [-0.2, -0.15) is 0 Å². The summed E-state index contributed by atoms with van der Waals surface area (Å²) in [5.41, 5.74) is 0. The third-order valence-corrected chi connectivity index (χ3v) is 2.35. The number of methoxy groups -OCH3 is 1. The molecule has 0 fully saturated rings. The average molecular weight is 257 g/mol. The van der Waals surface area contributed by atoms with Crippen molar-refractivity contribution in [3.8, 4) is 0 Å². The molecule has 2 unspecified atom stereocenters. The molecule has 1 rings (SSSR count). The molecular formula is C12H19NO5. The van der Waals surface area contributed by atoms with Crippen LogP contribution in [-0.2, 0) is 20.9 Å². The fourth-order valence-electron chi connectivity index (χ4n) is 1.32. The van der Waals surface area contributed by atoms with E-state index < -0.39 is 12.1 Å². The maximum Gasteiger partial charge on any atom is 0.322 e. The first-order chi connectivity index (χ1) is 8.63. The van der Waals surface area contributed by atoms with E-state index in [4.69, 9.17) is 9.15 Å². The lowest BCUT2D eigenvalue weighted by molar-refractivity contribution is -0.142. The van der Waals surface area contributed by atoms with E-state index in [0.29, 0.717) is 12.4 Å². The predicted molar refractivity (Wildman–Crippen MR) is 63.9 cm³/mol. The van der Waals surface area contributed by atoms with Crippen molar-refractivity contribution in [2.24, 2.45) is 0 Å². The molecule has 0 aliphatic carbocycles. The normalized spacial score (nSPS) is 14.2. The zero-order chi connectivity index (χ0) is 13.4. The lowest BCUT2D eigenvalue weighted by Crippen LogP contribution is -2.40. The largest absolute Gasteiger partial charge is 0.468 e. The van der Waals surface area contributed by atoms with Gasteiger partial charge in [-0.05, 0) is 19.1 Å². The summed E-state index contributed by atoms with van der Waals surface area (Å²) in [7, 11) is 1.32. The molecule has 6 nitrogen and oxygen atoms in total. The topological polar surface area (TPSA) is 80.9 Å². The van der Waals surface area contributed by atoms with Crippen LogP contribution in [0.3, 0.4) is 0 Å². The van der Waals surface area contributed by atoms with Crippen LogP contribution in [0, 0.1) is 0 Å². The van der Waals surface area contributed by atoms with E-state index in [1.807, 2.05) is 0 Å². The van der Waals surface area contributed by atoms with Crippen molar-refractivity contribution in [2.75, 3.05) is 20.3 Å². The summed E-state index contributed by atoms with van der Waals surface area (Å²) in [6.45, 7) is 2.41. The Kier molecular flexibility index (Phi) is 6.42. The first-order valence-corrected chi connectivity index (χ1v) is 5.73. The van der Waals surface area contributed by atoms with Crippen LogP contribution < -0.4 is 5.32 Å². The Bertz CT molecular complexity index is 338. The van der Waals surface area contributed by atoms with Crippen LogP contribution >= 0.6 is 0 Å². The first kappa shape index (κ1) is 14.7. The molecule has 102 valence electrons. The highest BCUT2D eigenvalue weighted by atomic mass is 16.5. The molecule has 0 saturated carbocycles. The molecule has 1 heterocycles. The van der Waals surface area contributed by atoms with Gasteiger partial charge in [0.15, 0.2) is 0 Å². The number of hydrogen-bond acceptors (Lipinski definition) is 6. The summed E-state index contributed by atoms with van der Waals surface area (Å²) in [5, 5.41) is 12.5. The summed E-state index contributed by atoms with van der Waals surface area (Å²) < 4.78 is 14.9. The van der Waals surface area contributed by atoms with Gasteiger partial charge in [0.1, 0.15) is 18.4 Å². The molecule has 0 aliphatic rings. The molecule has 0 aliphatic heterocycles. The lowest BCUT2D eigenvalue weighted by atomic mass is 10.3. The molecule has 6 heteroatoms. The van der Waals surface area contributed by atoms with E-state index in [0.717, 1.165) is 0 Å². The second kappa shape index (κ2) is 7.86. The van der Waals surface area contributed by atoms with Gasteiger partial charge in [0.2, 0.25) is 0 Å². The number of rotatable bonds is 8. The first-order valence-electron chi connectivity index (χ1n) is 5.73. The number of hydrogen-bond donors (Lipinski definition) is 2. The number of carbonyl (C=O) groups is 1. The van der Waals surface area contributed by atoms with Gasteiger partial charge >= 0.3 is 5.97 Å². The van der Waals surface area contributed by atoms with Crippen molar-refractivity contribution < 1.29 is 23.8 Å². The number of esters is 1. The van der Waals surface area contributed by atoms with Gasteiger partial charge in [0.25, 0.3) is 0 Å². The fraction of sp³-hybridized carbons (Fsp3) is 0.583. The maximum absolute atomic E-state index is 11.1. The molecule has 2 atom stereocenters. The molecule has 1 aromatic heterocycles. The van der Waals surface area contributed by atoms with E-state index in [1.165, 1.54) is 7.11 Å². The Labute approximate surface area is 106 Å². The van der Waals surface area contributed by atoms with Crippen molar-refractivity contribution in [1.29, 1.82) is 0 Å². The molecule has 0 saturated heterocycles. The summed E-state index contributed by atoms with van der Waals surface area (Å²) in [4.78, 5) is 11.1. The monoisotopic (exact) mass is 257 g/mol. The van der Waals surface area contributed by atoms with E-state index >= 15 is 0 Å². The molecule has 0 bridgehead atoms. The Hall–Kier alpha value is -1.37. The van der Waals surface area contributed by atoms with Crippen LogP contribution in [-0.4, -0.2) is 43.5 Å². The summed E-state index contributed by atoms with van der Waals surface area (Å²) >= 11 is 0. The van der Waals surface area contributed by atoms with Gasteiger partial charge in [0.05, 0.1) is 26.1 Å². The number of aliphatic hydroxyl groups excluding tert-OH is 1. The molecule has 0 spiro atoms. The molecule has 1 aromatic rings. The number of nitrogens with one attached hydrogen (secondary N) is 1. The minimum Gasteiger partial charge on any atom is -0.468 e. The van der Waals surface area contributed by atoms with Crippen LogP contribution in [0.2, 0.25) is 0 Å². The summed E-state index contributed by atoms with van der Waals surface area (Å²) in [5.74, 6) is 0.344. The van der Waals surface area contributed by atoms with Gasteiger partial charge in [-0.1, -0.05) is 0 Å². The van der Waals surface area contributed by atoms with Crippen molar-refractivity contribution in [3.05, 3.63) is 24.2 Å². The number of carbonyl (C=O) groups excluding carboxylic acids is 1. The predicted octanol–water partition coefficient (Wildman–Crippen LogP) is 0.308. The Morgan fingerprint density at radius 1 is 1.61 bits per heavy atom. The average Bonchev–Trinajstić information content (AvgIpc) is 2.88. The zero-order valence-electron chi connectivity index (χ0n) is 10.6. The zero-order valence-corrected chi connectivity index (χ0v) is 10.6. The second-order valence-corrected chi connectivity index (χ2v) is 3.90. The van der Waals surface area contributed by atoms with Crippen molar-refractivity contribution in [1.82, 2.24) is 5.32 Å². The van der Waals surface area contributed by atoms with E-state index in [1.54, 1.807) is 25.3 Å². The second-order valence-electron chi connectivity index (χ2n) is 3.90. The third-order valence-electron chi connectivity index (χ3n) is 2.35. The van der Waals surface area contributed by atoms with Gasteiger partial charge in [-0.15, -0.1) is 0 Å². The molecule has 0 aromatic carbocycles. The highest BCUT2D eigenvalue weighted by Gasteiger charge is 2.14. The lowest BCUT2D eigenvalue weighted by Gasteiger charge is -2.15. The van der Waals surface area contributed by atoms with Gasteiger partial charge in [-0.25, -0.2) is 0 Å². The minimum atomic E-state index is -0.688. The van der Waals surface area contributed by atoms with Crippen LogP contribution in [0.25, 0.3) is 0 Å². The molecular weight excluding hydrogens is 238 g/mol. The van der Waals surface area contributed by atoms with Crippen molar-refractivity contribution >= 4 is 5.97 Å². The molecule has 0 amide bonds. The molecule has 2 N–H and O–H groups in total. The van der Waals surface area contributed by atoms with Gasteiger partial charge < -0.3 is 24.3 Å². The highest BCUT2D eigenvalue weighted by molar-refractivity contribution is 5.75. The minimum absolute atomic E-state index is 0.168. The van der Waals surface area contributed by atoms with Gasteiger partial charge in [-0.3, -0.25) is 4.79 Å². The Balaban J connectivity index is 2.10.